The lowest BCUT2D eigenvalue weighted by atomic mass is 10.0. The molecule has 0 radical (unpaired) electrons. The average Bonchev–Trinajstić information content (AvgIpc) is 3.23. The van der Waals surface area contributed by atoms with Crippen LogP contribution in [0.3, 0.4) is 0 Å². The summed E-state index contributed by atoms with van der Waals surface area (Å²) in [5.41, 5.74) is 3.14. The van der Waals surface area contributed by atoms with Crippen LogP contribution in [-0.4, -0.2) is 38.6 Å². The molecule has 3 heterocycles. The molecule has 1 atom stereocenters. The molecule has 1 unspecified atom stereocenters. The second-order valence-electron chi connectivity index (χ2n) is 6.78. The lowest BCUT2D eigenvalue weighted by Crippen LogP contribution is -2.13. The number of hydrogen-bond acceptors (Lipinski definition) is 6. The summed E-state index contributed by atoms with van der Waals surface area (Å²) in [5, 5.41) is 3.08. The molecule has 0 spiro atoms. The second-order valence-corrected chi connectivity index (χ2v) is 7.62. The standard InChI is InChI=1S/C18H24N6S/c1-12(2)16-10-25-18(22-16)24-9-14(20-11-24)6-13(3)15-7-19-8-17(21-15)23(4)5/h7-13H,6H2,1-5H3. The zero-order valence-electron chi connectivity index (χ0n) is 15.3. The van der Waals surface area contributed by atoms with Crippen molar-refractivity contribution in [3.8, 4) is 5.13 Å². The summed E-state index contributed by atoms with van der Waals surface area (Å²) in [5.74, 6) is 1.56. The largest absolute Gasteiger partial charge is 0.361 e. The Kier molecular flexibility index (Phi) is 5.13. The van der Waals surface area contributed by atoms with E-state index in [2.05, 4.69) is 52.3 Å². The maximum Gasteiger partial charge on any atom is 0.195 e. The molecule has 6 nitrogen and oxygen atoms in total. The van der Waals surface area contributed by atoms with Crippen LogP contribution in [0, 0.1) is 0 Å². The third kappa shape index (κ3) is 4.04. The monoisotopic (exact) mass is 356 g/mol. The molecule has 0 saturated heterocycles. The minimum absolute atomic E-state index is 0.248. The predicted molar refractivity (Wildman–Crippen MR) is 102 cm³/mol. The summed E-state index contributed by atoms with van der Waals surface area (Å²) in [6, 6.07) is 0. The minimum atomic E-state index is 0.248. The summed E-state index contributed by atoms with van der Waals surface area (Å²) < 4.78 is 2.00. The van der Waals surface area contributed by atoms with Crippen molar-refractivity contribution < 1.29 is 0 Å². The van der Waals surface area contributed by atoms with Crippen LogP contribution in [0.4, 0.5) is 5.82 Å². The number of anilines is 1. The highest BCUT2D eigenvalue weighted by molar-refractivity contribution is 7.12. The number of imidazole rings is 1. The van der Waals surface area contributed by atoms with Gasteiger partial charge in [0.05, 0.1) is 23.3 Å². The highest BCUT2D eigenvalue weighted by Gasteiger charge is 2.13. The third-order valence-corrected chi connectivity index (χ3v) is 4.95. The van der Waals surface area contributed by atoms with E-state index >= 15 is 0 Å². The molecule has 3 aromatic heterocycles. The van der Waals surface area contributed by atoms with Crippen LogP contribution < -0.4 is 4.90 Å². The van der Waals surface area contributed by atoms with Crippen molar-refractivity contribution >= 4 is 17.2 Å². The van der Waals surface area contributed by atoms with Gasteiger partial charge < -0.3 is 4.90 Å². The van der Waals surface area contributed by atoms with E-state index in [4.69, 9.17) is 0 Å². The van der Waals surface area contributed by atoms with Gasteiger partial charge in [0, 0.05) is 37.8 Å². The molecule has 0 aliphatic heterocycles. The van der Waals surface area contributed by atoms with Gasteiger partial charge in [0.25, 0.3) is 0 Å². The molecule has 0 saturated carbocycles. The molecule has 0 fully saturated rings. The predicted octanol–water partition coefficient (Wildman–Crippen LogP) is 3.65. The molecule has 0 aromatic carbocycles. The molecule has 3 aromatic rings. The fourth-order valence-corrected chi connectivity index (χ4v) is 3.41. The molecule has 0 aliphatic carbocycles. The van der Waals surface area contributed by atoms with Crippen LogP contribution in [0.15, 0.2) is 30.3 Å². The van der Waals surface area contributed by atoms with Gasteiger partial charge in [0.2, 0.25) is 0 Å². The van der Waals surface area contributed by atoms with Crippen LogP contribution in [0.1, 0.15) is 49.7 Å². The smallest absolute Gasteiger partial charge is 0.195 e. The van der Waals surface area contributed by atoms with Gasteiger partial charge in [-0.2, -0.15) is 0 Å². The molecule has 0 bridgehead atoms. The van der Waals surface area contributed by atoms with E-state index in [1.165, 1.54) is 0 Å². The summed E-state index contributed by atoms with van der Waals surface area (Å²) in [6.07, 6.45) is 8.33. The molecule has 0 amide bonds. The Balaban J connectivity index is 1.73. The summed E-state index contributed by atoms with van der Waals surface area (Å²) in [7, 11) is 3.94. The Morgan fingerprint density at radius 1 is 1.12 bits per heavy atom. The first-order valence-corrected chi connectivity index (χ1v) is 9.30. The van der Waals surface area contributed by atoms with E-state index in [0.29, 0.717) is 5.92 Å². The number of hydrogen-bond donors (Lipinski definition) is 0. The van der Waals surface area contributed by atoms with Gasteiger partial charge in [-0.25, -0.2) is 15.0 Å². The average molecular weight is 356 g/mol. The molecule has 25 heavy (non-hydrogen) atoms. The third-order valence-electron chi connectivity index (χ3n) is 4.08. The van der Waals surface area contributed by atoms with E-state index < -0.39 is 0 Å². The summed E-state index contributed by atoms with van der Waals surface area (Å²) in [4.78, 5) is 20.2. The Hall–Kier alpha value is -2.28. The van der Waals surface area contributed by atoms with E-state index in [1.54, 1.807) is 17.5 Å². The topological polar surface area (TPSA) is 59.7 Å². The maximum atomic E-state index is 4.68. The lowest BCUT2D eigenvalue weighted by Gasteiger charge is -2.14. The van der Waals surface area contributed by atoms with Gasteiger partial charge in [-0.1, -0.05) is 20.8 Å². The van der Waals surface area contributed by atoms with Crippen molar-refractivity contribution in [1.82, 2.24) is 24.5 Å². The molecular formula is C18H24N6S. The van der Waals surface area contributed by atoms with Crippen LogP contribution in [-0.2, 0) is 6.42 Å². The second kappa shape index (κ2) is 7.31. The van der Waals surface area contributed by atoms with E-state index in [0.717, 1.165) is 34.5 Å². The summed E-state index contributed by atoms with van der Waals surface area (Å²) >= 11 is 1.65. The Morgan fingerprint density at radius 3 is 2.60 bits per heavy atom. The van der Waals surface area contributed by atoms with Gasteiger partial charge in [0.15, 0.2) is 5.13 Å². The van der Waals surface area contributed by atoms with E-state index in [-0.39, 0.29) is 5.92 Å². The van der Waals surface area contributed by atoms with Crippen LogP contribution in [0.5, 0.6) is 0 Å². The van der Waals surface area contributed by atoms with Gasteiger partial charge in [0.1, 0.15) is 12.1 Å². The van der Waals surface area contributed by atoms with Crippen molar-refractivity contribution in [2.24, 2.45) is 0 Å². The normalized spacial score (nSPS) is 12.6. The Labute approximate surface area is 152 Å². The fourth-order valence-electron chi connectivity index (χ4n) is 2.48. The van der Waals surface area contributed by atoms with Crippen molar-refractivity contribution in [2.75, 3.05) is 19.0 Å². The van der Waals surface area contributed by atoms with E-state index in [1.807, 2.05) is 36.1 Å². The van der Waals surface area contributed by atoms with Crippen molar-refractivity contribution in [3.05, 3.63) is 47.4 Å². The molecule has 0 N–H and O–H groups in total. The van der Waals surface area contributed by atoms with Gasteiger partial charge in [-0.3, -0.25) is 9.55 Å². The first-order chi connectivity index (χ1) is 11.9. The molecule has 7 heteroatoms. The summed E-state index contributed by atoms with van der Waals surface area (Å²) in [6.45, 7) is 6.47. The zero-order chi connectivity index (χ0) is 18.0. The van der Waals surface area contributed by atoms with E-state index in [9.17, 15) is 0 Å². The molecule has 3 rings (SSSR count). The number of rotatable bonds is 6. The first-order valence-electron chi connectivity index (χ1n) is 8.42. The van der Waals surface area contributed by atoms with Gasteiger partial charge >= 0.3 is 0 Å². The Morgan fingerprint density at radius 2 is 1.92 bits per heavy atom. The molecule has 0 aliphatic rings. The lowest BCUT2D eigenvalue weighted by molar-refractivity contribution is 0.711. The minimum Gasteiger partial charge on any atom is -0.361 e. The Bertz CT molecular complexity index is 835. The molecular weight excluding hydrogens is 332 g/mol. The SMILES string of the molecule is CC(C)c1csc(-n2cnc(CC(C)c3cncc(N(C)C)n3)c2)n1. The number of aromatic nitrogens is 5. The quantitative estimate of drug-likeness (QED) is 0.675. The van der Waals surface area contributed by atoms with Crippen LogP contribution in [0.25, 0.3) is 5.13 Å². The van der Waals surface area contributed by atoms with Crippen LogP contribution >= 0.6 is 11.3 Å². The van der Waals surface area contributed by atoms with Crippen LogP contribution in [0.2, 0.25) is 0 Å². The highest BCUT2D eigenvalue weighted by atomic mass is 32.1. The number of nitrogens with zero attached hydrogens (tertiary/aromatic N) is 6. The van der Waals surface area contributed by atoms with Crippen molar-refractivity contribution in [2.45, 2.75) is 39.0 Å². The van der Waals surface area contributed by atoms with Gasteiger partial charge in [-0.15, -0.1) is 11.3 Å². The first kappa shape index (κ1) is 17.5. The van der Waals surface area contributed by atoms with Crippen molar-refractivity contribution in [3.63, 3.8) is 0 Å². The molecule has 132 valence electrons. The zero-order valence-corrected chi connectivity index (χ0v) is 16.2. The fraction of sp³-hybridized carbons (Fsp3) is 0.444. The maximum absolute atomic E-state index is 4.68. The highest BCUT2D eigenvalue weighted by Crippen LogP contribution is 2.23. The van der Waals surface area contributed by atoms with Gasteiger partial charge in [-0.05, 0) is 12.3 Å². The van der Waals surface area contributed by atoms with Crippen molar-refractivity contribution in [1.29, 1.82) is 0 Å². The number of thiazole rings is 1.